The maximum atomic E-state index is 13.3. The lowest BCUT2D eigenvalue weighted by Gasteiger charge is -2.17. The minimum Gasteiger partial charge on any atom is -0.325 e. The Morgan fingerprint density at radius 3 is 2.57 bits per heavy atom. The van der Waals surface area contributed by atoms with Gasteiger partial charge in [0.25, 0.3) is 5.56 Å². The number of nitrogens with one attached hydrogen (secondary N) is 1. The number of aryl methyl sites for hydroxylation is 2. The van der Waals surface area contributed by atoms with Gasteiger partial charge in [0.05, 0.1) is 16.3 Å². The highest BCUT2D eigenvalue weighted by atomic mass is 32.2. The largest absolute Gasteiger partial charge is 0.325 e. The van der Waals surface area contributed by atoms with Gasteiger partial charge in [0.1, 0.15) is 4.83 Å². The van der Waals surface area contributed by atoms with E-state index in [4.69, 9.17) is 4.98 Å². The van der Waals surface area contributed by atoms with Crippen molar-refractivity contribution in [1.82, 2.24) is 9.55 Å². The molecule has 0 aliphatic carbocycles. The summed E-state index contributed by atoms with van der Waals surface area (Å²) in [7, 11) is 0. The summed E-state index contributed by atoms with van der Waals surface area (Å²) in [4.78, 5) is 31.4. The topological polar surface area (TPSA) is 64.0 Å². The summed E-state index contributed by atoms with van der Waals surface area (Å²) >= 11 is 2.71. The van der Waals surface area contributed by atoms with Crippen molar-refractivity contribution in [3.05, 3.63) is 81.5 Å². The highest BCUT2D eigenvalue weighted by molar-refractivity contribution is 8.00. The lowest BCUT2D eigenvalue weighted by atomic mass is 10.2. The number of anilines is 1. The molecule has 1 N–H and O–H groups in total. The monoisotopic (exact) mass is 435 g/mol. The summed E-state index contributed by atoms with van der Waals surface area (Å²) in [6.45, 7) is 5.78. The molecule has 5 nitrogen and oxygen atoms in total. The number of benzene rings is 2. The summed E-state index contributed by atoms with van der Waals surface area (Å²) < 4.78 is 1.62. The van der Waals surface area contributed by atoms with Crippen LogP contribution in [0.2, 0.25) is 0 Å². The molecule has 0 spiro atoms. The molecule has 2 heterocycles. The average molecular weight is 436 g/mol. The second-order valence-corrected chi connectivity index (χ2v) is 9.28. The predicted molar refractivity (Wildman–Crippen MR) is 125 cm³/mol. The van der Waals surface area contributed by atoms with E-state index in [0.29, 0.717) is 15.4 Å². The molecule has 0 saturated carbocycles. The number of hydrogen-bond donors (Lipinski definition) is 1. The molecule has 1 unspecified atom stereocenters. The molecule has 7 heteroatoms. The van der Waals surface area contributed by atoms with Crippen molar-refractivity contribution in [2.75, 3.05) is 5.32 Å². The van der Waals surface area contributed by atoms with Crippen LogP contribution in [0.15, 0.2) is 69.9 Å². The number of para-hydroxylation sites is 1. The van der Waals surface area contributed by atoms with E-state index in [0.717, 1.165) is 22.5 Å². The Labute approximate surface area is 182 Å². The van der Waals surface area contributed by atoms with E-state index in [-0.39, 0.29) is 11.5 Å². The molecular formula is C23H21N3O2S2. The second kappa shape index (κ2) is 8.45. The standard InChI is InChI=1S/C23H21N3O2S2/c1-14-8-10-17(11-9-14)24-20(27)16(3)30-23-25-21-18(12-13-29-21)22(28)26(23)19-7-5-4-6-15(19)2/h4-13,16H,1-3H3,(H,24,27). The number of nitrogens with zero attached hydrogens (tertiary/aromatic N) is 2. The Bertz CT molecular complexity index is 1280. The van der Waals surface area contributed by atoms with Crippen LogP contribution in [0.1, 0.15) is 18.1 Å². The number of amides is 1. The van der Waals surface area contributed by atoms with Crippen LogP contribution in [-0.4, -0.2) is 20.7 Å². The Morgan fingerprint density at radius 1 is 1.10 bits per heavy atom. The van der Waals surface area contributed by atoms with Gasteiger partial charge in [-0.05, 0) is 56.0 Å². The first-order chi connectivity index (χ1) is 14.4. The number of carbonyl (C=O) groups is 1. The zero-order valence-electron chi connectivity index (χ0n) is 16.9. The molecule has 1 amide bonds. The van der Waals surface area contributed by atoms with Crippen molar-refractivity contribution in [3.8, 4) is 5.69 Å². The Hall–Kier alpha value is -2.90. The Kier molecular flexibility index (Phi) is 5.74. The minimum atomic E-state index is -0.439. The fraction of sp³-hybridized carbons (Fsp3) is 0.174. The lowest BCUT2D eigenvalue weighted by molar-refractivity contribution is -0.115. The second-order valence-electron chi connectivity index (χ2n) is 7.08. The minimum absolute atomic E-state index is 0.121. The van der Waals surface area contributed by atoms with Gasteiger partial charge in [0.15, 0.2) is 5.16 Å². The summed E-state index contributed by atoms with van der Waals surface area (Å²) in [5.41, 5.74) is 3.50. The molecule has 0 bridgehead atoms. The smallest absolute Gasteiger partial charge is 0.267 e. The van der Waals surface area contributed by atoms with Crippen LogP contribution in [0.4, 0.5) is 5.69 Å². The van der Waals surface area contributed by atoms with Crippen molar-refractivity contribution in [2.24, 2.45) is 0 Å². The molecule has 4 rings (SSSR count). The maximum Gasteiger partial charge on any atom is 0.267 e. The van der Waals surface area contributed by atoms with Gasteiger partial charge in [0.2, 0.25) is 5.91 Å². The van der Waals surface area contributed by atoms with Crippen LogP contribution in [0.25, 0.3) is 15.9 Å². The van der Waals surface area contributed by atoms with E-state index >= 15 is 0 Å². The van der Waals surface area contributed by atoms with E-state index in [1.54, 1.807) is 10.6 Å². The third-order valence-corrected chi connectivity index (χ3v) is 6.65. The van der Waals surface area contributed by atoms with E-state index in [9.17, 15) is 9.59 Å². The first-order valence-electron chi connectivity index (χ1n) is 9.54. The summed E-state index contributed by atoms with van der Waals surface area (Å²) in [6, 6.07) is 17.2. The van der Waals surface area contributed by atoms with Gasteiger partial charge in [-0.25, -0.2) is 4.98 Å². The molecular weight excluding hydrogens is 414 g/mol. The average Bonchev–Trinajstić information content (AvgIpc) is 3.20. The molecule has 152 valence electrons. The number of carbonyl (C=O) groups excluding carboxylic acids is 1. The first kappa shape index (κ1) is 20.4. The number of rotatable bonds is 5. The van der Waals surface area contributed by atoms with Gasteiger partial charge in [-0.3, -0.25) is 14.2 Å². The highest BCUT2D eigenvalue weighted by Crippen LogP contribution is 2.28. The number of thiophene rings is 1. The van der Waals surface area contributed by atoms with Crippen LogP contribution >= 0.6 is 23.1 Å². The summed E-state index contributed by atoms with van der Waals surface area (Å²) in [5.74, 6) is -0.138. The molecule has 0 aliphatic rings. The summed E-state index contributed by atoms with van der Waals surface area (Å²) in [5, 5.41) is 5.46. The molecule has 1 atom stereocenters. The lowest BCUT2D eigenvalue weighted by Crippen LogP contribution is -2.26. The van der Waals surface area contributed by atoms with Crippen LogP contribution in [0.5, 0.6) is 0 Å². The van der Waals surface area contributed by atoms with Crippen molar-refractivity contribution in [2.45, 2.75) is 31.2 Å². The quantitative estimate of drug-likeness (QED) is 0.346. The molecule has 0 saturated heterocycles. The highest BCUT2D eigenvalue weighted by Gasteiger charge is 2.21. The molecule has 0 radical (unpaired) electrons. The van der Waals surface area contributed by atoms with E-state index in [1.807, 2.05) is 74.7 Å². The maximum absolute atomic E-state index is 13.3. The number of hydrogen-bond acceptors (Lipinski definition) is 5. The van der Waals surface area contributed by atoms with Crippen LogP contribution in [0, 0.1) is 13.8 Å². The molecule has 0 aliphatic heterocycles. The number of thioether (sulfide) groups is 1. The van der Waals surface area contributed by atoms with Crippen LogP contribution in [-0.2, 0) is 4.79 Å². The molecule has 4 aromatic rings. The van der Waals surface area contributed by atoms with Gasteiger partial charge >= 0.3 is 0 Å². The zero-order chi connectivity index (χ0) is 21.3. The Balaban J connectivity index is 1.70. The summed E-state index contributed by atoms with van der Waals surface area (Å²) in [6.07, 6.45) is 0. The van der Waals surface area contributed by atoms with E-state index in [1.165, 1.54) is 23.1 Å². The molecule has 2 aromatic carbocycles. The van der Waals surface area contributed by atoms with Gasteiger partial charge in [0, 0.05) is 5.69 Å². The number of aromatic nitrogens is 2. The van der Waals surface area contributed by atoms with Gasteiger partial charge in [-0.1, -0.05) is 47.7 Å². The predicted octanol–water partition coefficient (Wildman–Crippen LogP) is 5.18. The van der Waals surface area contributed by atoms with Crippen molar-refractivity contribution >= 4 is 44.9 Å². The SMILES string of the molecule is Cc1ccc(NC(=O)C(C)Sc2nc3sccc3c(=O)n2-c2ccccc2C)cc1. The third-order valence-electron chi connectivity index (χ3n) is 4.79. The number of fused-ring (bicyclic) bond motifs is 1. The van der Waals surface area contributed by atoms with Crippen molar-refractivity contribution in [3.63, 3.8) is 0 Å². The molecule has 30 heavy (non-hydrogen) atoms. The Morgan fingerprint density at radius 2 is 1.83 bits per heavy atom. The van der Waals surface area contributed by atoms with Crippen LogP contribution in [0.3, 0.4) is 0 Å². The van der Waals surface area contributed by atoms with Gasteiger partial charge in [-0.15, -0.1) is 11.3 Å². The van der Waals surface area contributed by atoms with E-state index in [2.05, 4.69) is 5.32 Å². The molecule has 0 fully saturated rings. The van der Waals surface area contributed by atoms with Crippen molar-refractivity contribution in [1.29, 1.82) is 0 Å². The van der Waals surface area contributed by atoms with Gasteiger partial charge < -0.3 is 5.32 Å². The fourth-order valence-corrected chi connectivity index (χ4v) is 4.82. The van der Waals surface area contributed by atoms with Crippen molar-refractivity contribution < 1.29 is 4.79 Å². The first-order valence-corrected chi connectivity index (χ1v) is 11.3. The zero-order valence-corrected chi connectivity index (χ0v) is 18.5. The van der Waals surface area contributed by atoms with Crippen LogP contribution < -0.4 is 10.9 Å². The fourth-order valence-electron chi connectivity index (χ4n) is 3.09. The van der Waals surface area contributed by atoms with E-state index < -0.39 is 5.25 Å². The third kappa shape index (κ3) is 4.04. The molecule has 2 aromatic heterocycles. The normalized spacial score (nSPS) is 12.1. The van der Waals surface area contributed by atoms with Gasteiger partial charge in [-0.2, -0.15) is 0 Å².